The van der Waals surface area contributed by atoms with Crippen LogP contribution in [0, 0.1) is 0 Å². The number of Topliss-reactive ketones (excluding diaryl/α,β-unsaturated/α-hetero) is 2. The molecule has 0 unspecified atom stereocenters. The van der Waals surface area contributed by atoms with Gasteiger partial charge in [-0.1, -0.05) is 42.5 Å². The van der Waals surface area contributed by atoms with Crippen molar-refractivity contribution in [1.29, 1.82) is 0 Å². The van der Waals surface area contributed by atoms with Crippen LogP contribution in [0.5, 0.6) is 0 Å². The van der Waals surface area contributed by atoms with E-state index in [1.54, 1.807) is 42.5 Å². The molecule has 0 radical (unpaired) electrons. The second kappa shape index (κ2) is 5.17. The first-order chi connectivity index (χ1) is 10.2. The fourth-order valence-corrected chi connectivity index (χ4v) is 2.08. The predicted molar refractivity (Wildman–Crippen MR) is 77.6 cm³/mol. The first-order valence-electron chi connectivity index (χ1n) is 6.33. The van der Waals surface area contributed by atoms with Gasteiger partial charge in [-0.15, -0.1) is 0 Å². The average molecular weight is 278 g/mol. The molecule has 102 valence electrons. The van der Waals surface area contributed by atoms with E-state index in [1.807, 2.05) is 0 Å². The predicted octanol–water partition coefficient (Wildman–Crippen LogP) is 2.86. The summed E-state index contributed by atoms with van der Waals surface area (Å²) in [6.07, 6.45) is 1.05. The van der Waals surface area contributed by atoms with Crippen molar-refractivity contribution in [2.24, 2.45) is 0 Å². The third-order valence-electron chi connectivity index (χ3n) is 3.17. The molecule has 3 aromatic rings. The molecule has 4 heteroatoms. The Morgan fingerprint density at radius 3 is 2.24 bits per heavy atom. The van der Waals surface area contributed by atoms with Crippen LogP contribution in [-0.4, -0.2) is 11.6 Å². The van der Waals surface area contributed by atoms with Crippen molar-refractivity contribution in [3.05, 3.63) is 82.2 Å². The summed E-state index contributed by atoms with van der Waals surface area (Å²) in [5.74, 6) is -1.58. The molecule has 0 aliphatic rings. The fourth-order valence-electron chi connectivity index (χ4n) is 2.08. The van der Waals surface area contributed by atoms with Gasteiger partial charge in [-0.3, -0.25) is 14.4 Å². The van der Waals surface area contributed by atoms with Gasteiger partial charge in [0.15, 0.2) is 0 Å². The van der Waals surface area contributed by atoms with E-state index in [9.17, 15) is 14.4 Å². The van der Waals surface area contributed by atoms with Crippen LogP contribution in [0.4, 0.5) is 0 Å². The molecule has 3 rings (SSSR count). The standard InChI is InChI=1S/C17H10O4/c18-15(11-6-2-1-3-7-11)17(20)13-10-21-14-9-5-4-8-12(14)16(13)19/h1-10H. The molecule has 0 fully saturated rings. The number of fused-ring (bicyclic) bond motifs is 1. The Morgan fingerprint density at radius 1 is 0.810 bits per heavy atom. The second-order valence-corrected chi connectivity index (χ2v) is 4.50. The van der Waals surface area contributed by atoms with Gasteiger partial charge in [-0.2, -0.15) is 0 Å². The molecule has 0 saturated heterocycles. The van der Waals surface area contributed by atoms with Crippen molar-refractivity contribution in [1.82, 2.24) is 0 Å². The summed E-state index contributed by atoms with van der Waals surface area (Å²) in [7, 11) is 0. The van der Waals surface area contributed by atoms with Crippen molar-refractivity contribution in [3.63, 3.8) is 0 Å². The number of hydrogen-bond donors (Lipinski definition) is 0. The Kier molecular flexibility index (Phi) is 3.20. The second-order valence-electron chi connectivity index (χ2n) is 4.50. The van der Waals surface area contributed by atoms with E-state index in [0.29, 0.717) is 5.58 Å². The zero-order valence-electron chi connectivity index (χ0n) is 10.9. The maximum absolute atomic E-state index is 12.3. The van der Waals surface area contributed by atoms with E-state index in [1.165, 1.54) is 12.1 Å². The van der Waals surface area contributed by atoms with Gasteiger partial charge in [0.2, 0.25) is 17.0 Å². The van der Waals surface area contributed by atoms with Crippen LogP contribution < -0.4 is 5.43 Å². The van der Waals surface area contributed by atoms with Crippen LogP contribution in [0.15, 0.2) is 70.1 Å². The van der Waals surface area contributed by atoms with Crippen molar-refractivity contribution >= 4 is 22.5 Å². The third-order valence-corrected chi connectivity index (χ3v) is 3.17. The van der Waals surface area contributed by atoms with Gasteiger partial charge in [-0.25, -0.2) is 0 Å². The zero-order chi connectivity index (χ0) is 14.8. The Bertz CT molecular complexity index is 891. The van der Waals surface area contributed by atoms with Crippen LogP contribution in [-0.2, 0) is 0 Å². The summed E-state index contributed by atoms with van der Waals surface area (Å²) in [6, 6.07) is 14.7. The van der Waals surface area contributed by atoms with E-state index in [4.69, 9.17) is 4.42 Å². The lowest BCUT2D eigenvalue weighted by molar-refractivity contribution is 0.0815. The summed E-state index contributed by atoms with van der Waals surface area (Å²) in [5.41, 5.74) is -0.116. The Balaban J connectivity index is 2.09. The highest BCUT2D eigenvalue weighted by molar-refractivity contribution is 6.49. The summed E-state index contributed by atoms with van der Waals surface area (Å²) in [6.45, 7) is 0. The number of carbonyl (C=O) groups is 2. The van der Waals surface area contributed by atoms with Gasteiger partial charge in [0, 0.05) is 5.56 Å². The van der Waals surface area contributed by atoms with Crippen molar-refractivity contribution in [2.45, 2.75) is 0 Å². The molecule has 0 aliphatic carbocycles. The van der Waals surface area contributed by atoms with E-state index < -0.39 is 17.0 Å². The quantitative estimate of drug-likeness (QED) is 0.546. The number of para-hydroxylation sites is 1. The minimum atomic E-state index is -0.860. The Morgan fingerprint density at radius 2 is 1.48 bits per heavy atom. The first-order valence-corrected chi connectivity index (χ1v) is 6.33. The van der Waals surface area contributed by atoms with Gasteiger partial charge >= 0.3 is 0 Å². The van der Waals surface area contributed by atoms with Crippen LogP contribution in [0.3, 0.4) is 0 Å². The molecule has 0 atom stereocenters. The van der Waals surface area contributed by atoms with Gasteiger partial charge in [0.05, 0.1) is 5.39 Å². The van der Waals surface area contributed by atoms with Gasteiger partial charge in [-0.05, 0) is 12.1 Å². The van der Waals surface area contributed by atoms with E-state index in [0.717, 1.165) is 6.26 Å². The molecular formula is C17H10O4. The van der Waals surface area contributed by atoms with Gasteiger partial charge in [0.25, 0.3) is 0 Å². The molecule has 0 N–H and O–H groups in total. The van der Waals surface area contributed by atoms with E-state index >= 15 is 0 Å². The van der Waals surface area contributed by atoms with E-state index in [2.05, 4.69) is 0 Å². The molecule has 1 aromatic heterocycles. The van der Waals surface area contributed by atoms with Crippen molar-refractivity contribution in [2.75, 3.05) is 0 Å². The van der Waals surface area contributed by atoms with Gasteiger partial charge < -0.3 is 4.42 Å². The van der Waals surface area contributed by atoms with Crippen LogP contribution in [0.1, 0.15) is 20.7 Å². The molecule has 1 heterocycles. The lowest BCUT2D eigenvalue weighted by Gasteiger charge is -2.01. The molecule has 21 heavy (non-hydrogen) atoms. The maximum atomic E-state index is 12.3. The Hall–Kier alpha value is -3.01. The normalized spacial score (nSPS) is 10.5. The molecule has 0 spiro atoms. The highest BCUT2D eigenvalue weighted by atomic mass is 16.3. The summed E-state index contributed by atoms with van der Waals surface area (Å²) < 4.78 is 5.26. The highest BCUT2D eigenvalue weighted by Gasteiger charge is 2.22. The minimum Gasteiger partial charge on any atom is -0.463 e. The maximum Gasteiger partial charge on any atom is 0.240 e. The average Bonchev–Trinajstić information content (AvgIpc) is 2.55. The minimum absolute atomic E-state index is 0.245. The highest BCUT2D eigenvalue weighted by Crippen LogP contribution is 2.12. The largest absolute Gasteiger partial charge is 0.463 e. The monoisotopic (exact) mass is 278 g/mol. The summed E-state index contributed by atoms with van der Waals surface area (Å²) >= 11 is 0. The number of hydrogen-bond acceptors (Lipinski definition) is 4. The summed E-state index contributed by atoms with van der Waals surface area (Å²) in [5, 5.41) is 0.282. The van der Waals surface area contributed by atoms with Crippen molar-refractivity contribution in [3.8, 4) is 0 Å². The molecule has 2 aromatic carbocycles. The fraction of sp³-hybridized carbons (Fsp3) is 0. The van der Waals surface area contributed by atoms with Crippen LogP contribution in [0.25, 0.3) is 11.0 Å². The van der Waals surface area contributed by atoms with Crippen molar-refractivity contribution < 1.29 is 14.0 Å². The smallest absolute Gasteiger partial charge is 0.240 e. The SMILES string of the molecule is O=C(C(=O)c1coc2ccccc2c1=O)c1ccccc1. The lowest BCUT2D eigenvalue weighted by atomic mass is 10.0. The molecular weight excluding hydrogens is 268 g/mol. The number of ketones is 2. The molecule has 0 saturated carbocycles. The van der Waals surface area contributed by atoms with Gasteiger partial charge in [0.1, 0.15) is 17.4 Å². The topological polar surface area (TPSA) is 64.3 Å². The number of benzene rings is 2. The lowest BCUT2D eigenvalue weighted by Crippen LogP contribution is -2.22. The third kappa shape index (κ3) is 2.27. The number of rotatable bonds is 3. The summed E-state index contributed by atoms with van der Waals surface area (Å²) in [4.78, 5) is 36.6. The van der Waals surface area contributed by atoms with Crippen LogP contribution >= 0.6 is 0 Å². The molecule has 4 nitrogen and oxygen atoms in total. The zero-order valence-corrected chi connectivity index (χ0v) is 10.9. The molecule has 0 amide bonds. The van der Waals surface area contributed by atoms with Crippen LogP contribution in [0.2, 0.25) is 0 Å². The molecule has 0 aliphatic heterocycles. The van der Waals surface area contributed by atoms with E-state index in [-0.39, 0.29) is 16.5 Å². The molecule has 0 bridgehead atoms. The first kappa shape index (κ1) is 13.0. The Labute approximate surface area is 119 Å². The number of carbonyl (C=O) groups excluding carboxylic acids is 2.